The van der Waals surface area contributed by atoms with E-state index in [0.29, 0.717) is 11.3 Å². The van der Waals surface area contributed by atoms with Crippen LogP contribution >= 0.6 is 0 Å². The average Bonchev–Trinajstić information content (AvgIpc) is 3.41. The number of fused-ring (bicyclic) bond motifs is 1. The Labute approximate surface area is 172 Å². The van der Waals surface area contributed by atoms with Crippen LogP contribution in [-0.2, 0) is 11.3 Å². The molecule has 1 atom stereocenters. The van der Waals surface area contributed by atoms with Gasteiger partial charge in [0, 0.05) is 35.4 Å². The second-order valence-corrected chi connectivity index (χ2v) is 7.65. The largest absolute Gasteiger partial charge is 0.354 e. The molecule has 0 unspecified atom stereocenters. The predicted molar refractivity (Wildman–Crippen MR) is 115 cm³/mol. The number of benzene rings is 1. The fourth-order valence-electron chi connectivity index (χ4n) is 4.13. The van der Waals surface area contributed by atoms with Crippen molar-refractivity contribution in [2.75, 3.05) is 6.54 Å². The number of nitrogens with zero attached hydrogens (tertiary/aromatic N) is 3. The van der Waals surface area contributed by atoms with Gasteiger partial charge in [-0.2, -0.15) is 5.10 Å². The van der Waals surface area contributed by atoms with Gasteiger partial charge in [-0.3, -0.25) is 14.7 Å². The quantitative estimate of drug-likeness (QED) is 0.503. The summed E-state index contributed by atoms with van der Waals surface area (Å²) < 4.78 is 0. The summed E-state index contributed by atoms with van der Waals surface area (Å²) in [6.07, 6.45) is 6.43. The van der Waals surface area contributed by atoms with Crippen LogP contribution in [0.1, 0.15) is 18.4 Å². The highest BCUT2D eigenvalue weighted by Crippen LogP contribution is 2.26. The molecule has 0 aliphatic carbocycles. The molecule has 150 valence electrons. The van der Waals surface area contributed by atoms with Crippen LogP contribution in [0.15, 0.2) is 59.7 Å². The molecule has 0 amide bonds. The van der Waals surface area contributed by atoms with Crippen molar-refractivity contribution in [2.24, 2.45) is 0 Å². The number of rotatable bonds is 5. The minimum absolute atomic E-state index is 0.0156. The van der Waals surface area contributed by atoms with E-state index in [1.54, 1.807) is 18.5 Å². The van der Waals surface area contributed by atoms with Gasteiger partial charge in [0.25, 0.3) is 5.56 Å². The number of aldehydes is 1. The van der Waals surface area contributed by atoms with Crippen molar-refractivity contribution in [3.05, 3.63) is 70.8 Å². The Bertz CT molecular complexity index is 1260. The van der Waals surface area contributed by atoms with E-state index in [9.17, 15) is 9.59 Å². The lowest BCUT2D eigenvalue weighted by molar-refractivity contribution is -0.111. The molecule has 1 aliphatic heterocycles. The summed E-state index contributed by atoms with van der Waals surface area (Å²) in [5.74, 6) is 0. The molecule has 1 fully saturated rings. The van der Waals surface area contributed by atoms with Crippen molar-refractivity contribution in [3.63, 3.8) is 0 Å². The summed E-state index contributed by atoms with van der Waals surface area (Å²) in [6.45, 7) is 1.69. The van der Waals surface area contributed by atoms with E-state index >= 15 is 0 Å². The number of pyridine rings is 1. The maximum atomic E-state index is 12.5. The Kier molecular flexibility index (Phi) is 4.72. The number of carbonyl (C=O) groups excluding carboxylic acids is 1. The zero-order valence-corrected chi connectivity index (χ0v) is 16.3. The molecule has 30 heavy (non-hydrogen) atoms. The van der Waals surface area contributed by atoms with Crippen LogP contribution in [0.2, 0.25) is 0 Å². The molecule has 2 N–H and O–H groups in total. The Balaban J connectivity index is 1.48. The molecule has 1 saturated heterocycles. The maximum absolute atomic E-state index is 12.5. The van der Waals surface area contributed by atoms with Gasteiger partial charge in [-0.15, -0.1) is 0 Å². The van der Waals surface area contributed by atoms with E-state index in [4.69, 9.17) is 0 Å². The Morgan fingerprint density at radius 1 is 1.13 bits per heavy atom. The van der Waals surface area contributed by atoms with Crippen molar-refractivity contribution in [3.8, 4) is 22.5 Å². The summed E-state index contributed by atoms with van der Waals surface area (Å²) in [6, 6.07) is 13.7. The third-order valence-electron chi connectivity index (χ3n) is 5.71. The van der Waals surface area contributed by atoms with E-state index in [1.807, 2.05) is 18.2 Å². The molecular formula is C23H21N5O2. The second kappa shape index (κ2) is 7.68. The van der Waals surface area contributed by atoms with E-state index in [-0.39, 0.29) is 11.6 Å². The third-order valence-corrected chi connectivity index (χ3v) is 5.71. The van der Waals surface area contributed by atoms with Crippen LogP contribution in [0.3, 0.4) is 0 Å². The van der Waals surface area contributed by atoms with Crippen molar-refractivity contribution in [1.29, 1.82) is 0 Å². The van der Waals surface area contributed by atoms with Crippen LogP contribution in [0.4, 0.5) is 0 Å². The Morgan fingerprint density at radius 3 is 2.83 bits per heavy atom. The number of likely N-dealkylation sites (tertiary alicyclic amines) is 1. The zero-order chi connectivity index (χ0) is 20.5. The first-order chi connectivity index (χ1) is 14.7. The van der Waals surface area contributed by atoms with Crippen molar-refractivity contribution in [1.82, 2.24) is 25.1 Å². The standard InChI is InChI=1S/C23H21N5O2/c29-14-18-2-1-9-28(18)13-15-3-4-17-11-22(25-20(17)10-15)19-12-21(26-27-23(19)30)16-5-7-24-8-6-16/h3-8,10-12,14,18,25H,1-2,9,13H2,(H,27,30)/t18-/m0/s1. The Morgan fingerprint density at radius 2 is 2.00 bits per heavy atom. The summed E-state index contributed by atoms with van der Waals surface area (Å²) in [7, 11) is 0. The Hall–Kier alpha value is -3.58. The molecule has 4 heterocycles. The molecular weight excluding hydrogens is 378 g/mol. The molecule has 4 aromatic rings. The first kappa shape index (κ1) is 18.4. The smallest absolute Gasteiger partial charge is 0.273 e. The first-order valence-electron chi connectivity index (χ1n) is 10.0. The summed E-state index contributed by atoms with van der Waals surface area (Å²) >= 11 is 0. The minimum atomic E-state index is -0.245. The lowest BCUT2D eigenvalue weighted by Gasteiger charge is -2.19. The fourth-order valence-corrected chi connectivity index (χ4v) is 4.13. The van der Waals surface area contributed by atoms with Gasteiger partial charge in [0.1, 0.15) is 6.29 Å². The van der Waals surface area contributed by atoms with E-state index < -0.39 is 0 Å². The number of hydrogen-bond acceptors (Lipinski definition) is 5. The molecule has 0 spiro atoms. The van der Waals surface area contributed by atoms with Crippen LogP contribution < -0.4 is 5.56 Å². The van der Waals surface area contributed by atoms with Crippen LogP contribution in [0.5, 0.6) is 0 Å². The van der Waals surface area contributed by atoms with Gasteiger partial charge in [-0.25, -0.2) is 5.10 Å². The second-order valence-electron chi connectivity index (χ2n) is 7.65. The van der Waals surface area contributed by atoms with Gasteiger partial charge in [0.15, 0.2) is 0 Å². The van der Waals surface area contributed by atoms with Crippen molar-refractivity contribution >= 4 is 17.2 Å². The molecule has 5 rings (SSSR count). The minimum Gasteiger partial charge on any atom is -0.354 e. The van der Waals surface area contributed by atoms with E-state index in [0.717, 1.165) is 59.9 Å². The first-order valence-corrected chi connectivity index (χ1v) is 10.0. The zero-order valence-electron chi connectivity index (χ0n) is 16.3. The highest BCUT2D eigenvalue weighted by molar-refractivity contribution is 5.86. The van der Waals surface area contributed by atoms with Crippen molar-refractivity contribution in [2.45, 2.75) is 25.4 Å². The topological polar surface area (TPSA) is 94.7 Å². The molecule has 1 aromatic carbocycles. The lowest BCUT2D eigenvalue weighted by Crippen LogP contribution is -2.29. The monoisotopic (exact) mass is 399 g/mol. The number of H-pyrrole nitrogens is 2. The summed E-state index contributed by atoms with van der Waals surface area (Å²) in [4.78, 5) is 33.3. The maximum Gasteiger partial charge on any atom is 0.273 e. The number of aromatic nitrogens is 4. The van der Waals surface area contributed by atoms with E-state index in [2.05, 4.69) is 43.3 Å². The molecule has 1 aliphatic rings. The van der Waals surface area contributed by atoms with E-state index in [1.165, 1.54) is 0 Å². The molecule has 7 nitrogen and oxygen atoms in total. The van der Waals surface area contributed by atoms with Gasteiger partial charge >= 0.3 is 0 Å². The molecule has 0 bridgehead atoms. The summed E-state index contributed by atoms with van der Waals surface area (Å²) in [5, 5.41) is 7.79. The number of hydrogen-bond donors (Lipinski definition) is 2. The normalized spacial score (nSPS) is 16.9. The SMILES string of the molecule is O=C[C@@H]1CCCN1Cc1ccc2cc(-c3cc(-c4ccncc4)n[nH]c3=O)[nH]c2c1. The average molecular weight is 399 g/mol. The van der Waals surface area contributed by atoms with Gasteiger partial charge < -0.3 is 9.78 Å². The number of carbonyl (C=O) groups is 1. The van der Waals surface area contributed by atoms with Crippen molar-refractivity contribution < 1.29 is 4.79 Å². The lowest BCUT2D eigenvalue weighted by atomic mass is 10.1. The molecule has 3 aromatic heterocycles. The molecule has 7 heteroatoms. The van der Waals surface area contributed by atoms with Gasteiger partial charge in [0.2, 0.25) is 0 Å². The van der Waals surface area contributed by atoms with Crippen LogP contribution in [-0.4, -0.2) is 43.9 Å². The van der Waals surface area contributed by atoms with Crippen LogP contribution in [0, 0.1) is 0 Å². The van der Waals surface area contributed by atoms with Crippen LogP contribution in [0.25, 0.3) is 33.4 Å². The third kappa shape index (κ3) is 3.44. The highest BCUT2D eigenvalue weighted by Gasteiger charge is 2.23. The fraction of sp³-hybridized carbons (Fsp3) is 0.217. The molecule has 0 saturated carbocycles. The van der Waals surface area contributed by atoms with Gasteiger partial charge in [-0.05, 0) is 55.3 Å². The van der Waals surface area contributed by atoms with Gasteiger partial charge in [0.05, 0.1) is 23.0 Å². The number of nitrogens with one attached hydrogen (secondary N) is 2. The number of aromatic amines is 2. The molecule has 0 radical (unpaired) electrons. The predicted octanol–water partition coefficient (Wildman–Crippen LogP) is 3.14. The summed E-state index contributed by atoms with van der Waals surface area (Å²) in [5.41, 5.74) is 4.71. The highest BCUT2D eigenvalue weighted by atomic mass is 16.1. The van der Waals surface area contributed by atoms with Gasteiger partial charge in [-0.1, -0.05) is 12.1 Å².